The van der Waals surface area contributed by atoms with Gasteiger partial charge >= 0.3 is 0 Å². The van der Waals surface area contributed by atoms with Crippen LogP contribution < -0.4 is 0 Å². The largest absolute Gasteiger partial charge is 0.376 e. The standard InChI is InChI=1S/C20H20FNO2S2/c1-13-18-16(21)7-2-8-17(18)26-19(13)20(23)22(11-14-5-3-9-24-14)12-15-6-4-10-25-15/h2,4,6-8,10,14H,3,5,9,11-12H2,1H3. The van der Waals surface area contributed by atoms with Crippen molar-refractivity contribution < 1.29 is 13.9 Å². The van der Waals surface area contributed by atoms with Gasteiger partial charge in [0.2, 0.25) is 0 Å². The predicted octanol–water partition coefficient (Wildman–Crippen LogP) is 5.23. The van der Waals surface area contributed by atoms with Crippen LogP contribution in [0.3, 0.4) is 0 Å². The van der Waals surface area contributed by atoms with Crippen molar-refractivity contribution in [3.8, 4) is 0 Å². The topological polar surface area (TPSA) is 29.5 Å². The fourth-order valence-electron chi connectivity index (χ4n) is 3.45. The van der Waals surface area contributed by atoms with E-state index in [9.17, 15) is 9.18 Å². The van der Waals surface area contributed by atoms with E-state index in [0.29, 0.717) is 23.4 Å². The minimum atomic E-state index is -0.265. The third kappa shape index (κ3) is 3.41. The highest BCUT2D eigenvalue weighted by molar-refractivity contribution is 7.21. The molecule has 6 heteroatoms. The summed E-state index contributed by atoms with van der Waals surface area (Å²) in [6.45, 7) is 3.74. The minimum absolute atomic E-state index is 0.0352. The normalized spacial score (nSPS) is 17.1. The van der Waals surface area contributed by atoms with Crippen LogP contribution >= 0.6 is 22.7 Å². The number of ether oxygens (including phenoxy) is 1. The van der Waals surface area contributed by atoms with E-state index >= 15 is 0 Å². The number of hydrogen-bond acceptors (Lipinski definition) is 4. The molecule has 2 aromatic heterocycles. The second kappa shape index (κ2) is 7.47. The van der Waals surface area contributed by atoms with Crippen LogP contribution in [0.2, 0.25) is 0 Å². The lowest BCUT2D eigenvalue weighted by atomic mass is 10.1. The SMILES string of the molecule is Cc1c(C(=O)N(Cc2cccs2)CC2CCCO2)sc2cccc(F)c12. The summed E-state index contributed by atoms with van der Waals surface area (Å²) in [7, 11) is 0. The number of nitrogens with zero attached hydrogens (tertiary/aromatic N) is 1. The van der Waals surface area contributed by atoms with Crippen LogP contribution in [0.15, 0.2) is 35.7 Å². The van der Waals surface area contributed by atoms with Crippen molar-refractivity contribution in [2.75, 3.05) is 13.2 Å². The number of halogens is 1. The zero-order chi connectivity index (χ0) is 18.1. The van der Waals surface area contributed by atoms with E-state index in [1.165, 1.54) is 17.4 Å². The molecule has 0 N–H and O–H groups in total. The van der Waals surface area contributed by atoms with Crippen LogP contribution in [0, 0.1) is 12.7 Å². The number of hydrogen-bond donors (Lipinski definition) is 0. The van der Waals surface area contributed by atoms with Crippen LogP contribution in [0.4, 0.5) is 4.39 Å². The summed E-state index contributed by atoms with van der Waals surface area (Å²) in [6.07, 6.45) is 2.11. The summed E-state index contributed by atoms with van der Waals surface area (Å²) in [5.74, 6) is -0.300. The van der Waals surface area contributed by atoms with Crippen LogP contribution in [0.1, 0.15) is 33.0 Å². The molecule has 0 saturated carbocycles. The van der Waals surface area contributed by atoms with E-state index in [1.807, 2.05) is 35.4 Å². The highest BCUT2D eigenvalue weighted by atomic mass is 32.1. The van der Waals surface area contributed by atoms with Gasteiger partial charge in [-0.3, -0.25) is 4.79 Å². The molecule has 1 aliphatic heterocycles. The van der Waals surface area contributed by atoms with E-state index < -0.39 is 0 Å². The molecule has 136 valence electrons. The maximum atomic E-state index is 14.2. The molecule has 1 aliphatic rings. The molecule has 0 bridgehead atoms. The van der Waals surface area contributed by atoms with Crippen molar-refractivity contribution in [2.24, 2.45) is 0 Å². The Kier molecular flexibility index (Phi) is 5.07. The first kappa shape index (κ1) is 17.6. The van der Waals surface area contributed by atoms with Gasteiger partial charge in [-0.05, 0) is 48.9 Å². The highest BCUT2D eigenvalue weighted by Crippen LogP contribution is 2.34. The first-order valence-corrected chi connectivity index (χ1v) is 10.4. The van der Waals surface area contributed by atoms with E-state index in [2.05, 4.69) is 0 Å². The fourth-order valence-corrected chi connectivity index (χ4v) is 5.36. The summed E-state index contributed by atoms with van der Waals surface area (Å²) in [5, 5.41) is 2.58. The third-order valence-electron chi connectivity index (χ3n) is 4.76. The molecule has 1 amide bonds. The first-order chi connectivity index (χ1) is 12.6. The lowest BCUT2D eigenvalue weighted by Crippen LogP contribution is -2.36. The lowest BCUT2D eigenvalue weighted by Gasteiger charge is -2.25. The zero-order valence-corrected chi connectivity index (χ0v) is 16.2. The van der Waals surface area contributed by atoms with Gasteiger partial charge in [-0.25, -0.2) is 4.39 Å². The molecule has 3 nitrogen and oxygen atoms in total. The number of thiophene rings is 2. The molecule has 4 rings (SSSR count). The van der Waals surface area contributed by atoms with Gasteiger partial charge in [0.15, 0.2) is 0 Å². The van der Waals surface area contributed by atoms with E-state index in [0.717, 1.165) is 34.6 Å². The number of rotatable bonds is 5. The quantitative estimate of drug-likeness (QED) is 0.598. The molecule has 1 unspecified atom stereocenters. The Morgan fingerprint density at radius 1 is 1.35 bits per heavy atom. The molecule has 3 heterocycles. The zero-order valence-electron chi connectivity index (χ0n) is 14.5. The summed E-state index contributed by atoms with van der Waals surface area (Å²) < 4.78 is 20.8. The second-order valence-electron chi connectivity index (χ2n) is 6.57. The summed E-state index contributed by atoms with van der Waals surface area (Å²) in [6, 6.07) is 9.05. The molecule has 1 fully saturated rings. The van der Waals surface area contributed by atoms with Crippen molar-refractivity contribution >= 4 is 38.7 Å². The second-order valence-corrected chi connectivity index (χ2v) is 8.65. The molecular formula is C20H20FNO2S2. The predicted molar refractivity (Wildman–Crippen MR) is 105 cm³/mol. The van der Waals surface area contributed by atoms with E-state index in [4.69, 9.17) is 4.74 Å². The Balaban J connectivity index is 1.66. The molecular weight excluding hydrogens is 369 g/mol. The third-order valence-corrected chi connectivity index (χ3v) is 6.87. The average Bonchev–Trinajstić information content (AvgIpc) is 3.36. The smallest absolute Gasteiger partial charge is 0.264 e. The Morgan fingerprint density at radius 3 is 2.92 bits per heavy atom. The van der Waals surface area contributed by atoms with Gasteiger partial charge in [0.25, 0.3) is 5.91 Å². The van der Waals surface area contributed by atoms with E-state index in [-0.39, 0.29) is 17.8 Å². The fraction of sp³-hybridized carbons (Fsp3) is 0.350. The van der Waals surface area contributed by atoms with Gasteiger partial charge < -0.3 is 9.64 Å². The molecule has 1 aromatic carbocycles. The van der Waals surface area contributed by atoms with Crippen molar-refractivity contribution in [1.82, 2.24) is 4.90 Å². The summed E-state index contributed by atoms with van der Waals surface area (Å²) >= 11 is 3.02. The van der Waals surface area contributed by atoms with Gasteiger partial charge in [-0.2, -0.15) is 0 Å². The van der Waals surface area contributed by atoms with Crippen molar-refractivity contribution in [3.05, 3.63) is 56.8 Å². The van der Waals surface area contributed by atoms with Gasteiger partial charge in [0, 0.05) is 28.1 Å². The summed E-state index contributed by atoms with van der Waals surface area (Å²) in [5.41, 5.74) is 0.733. The van der Waals surface area contributed by atoms with Gasteiger partial charge in [0.1, 0.15) is 5.82 Å². The van der Waals surface area contributed by atoms with Gasteiger partial charge in [-0.15, -0.1) is 22.7 Å². The Hall–Kier alpha value is -1.76. The number of amides is 1. The van der Waals surface area contributed by atoms with Crippen LogP contribution in [0.5, 0.6) is 0 Å². The molecule has 0 radical (unpaired) electrons. The van der Waals surface area contributed by atoms with Crippen LogP contribution in [-0.4, -0.2) is 30.1 Å². The molecule has 3 aromatic rings. The van der Waals surface area contributed by atoms with Crippen LogP contribution in [0.25, 0.3) is 10.1 Å². The molecule has 0 spiro atoms. The highest BCUT2D eigenvalue weighted by Gasteiger charge is 2.27. The van der Waals surface area contributed by atoms with Crippen LogP contribution in [-0.2, 0) is 11.3 Å². The van der Waals surface area contributed by atoms with Crippen molar-refractivity contribution in [2.45, 2.75) is 32.4 Å². The summed E-state index contributed by atoms with van der Waals surface area (Å²) in [4.78, 5) is 16.9. The maximum absolute atomic E-state index is 14.2. The molecule has 1 saturated heterocycles. The maximum Gasteiger partial charge on any atom is 0.264 e. The number of fused-ring (bicyclic) bond motifs is 1. The Morgan fingerprint density at radius 2 is 2.23 bits per heavy atom. The number of carbonyl (C=O) groups is 1. The Bertz CT molecular complexity index is 913. The number of carbonyl (C=O) groups excluding carboxylic acids is 1. The van der Waals surface area contributed by atoms with Crippen molar-refractivity contribution in [3.63, 3.8) is 0 Å². The first-order valence-electron chi connectivity index (χ1n) is 8.74. The van der Waals surface area contributed by atoms with E-state index in [1.54, 1.807) is 17.4 Å². The van der Waals surface area contributed by atoms with Gasteiger partial charge in [-0.1, -0.05) is 12.1 Å². The van der Waals surface area contributed by atoms with Crippen molar-refractivity contribution in [1.29, 1.82) is 0 Å². The molecule has 26 heavy (non-hydrogen) atoms. The monoisotopic (exact) mass is 389 g/mol. The average molecular weight is 390 g/mol. The lowest BCUT2D eigenvalue weighted by molar-refractivity contribution is 0.0513. The number of aryl methyl sites for hydroxylation is 1. The molecule has 1 atom stereocenters. The minimum Gasteiger partial charge on any atom is -0.376 e. The Labute approximate surface area is 160 Å². The molecule has 0 aliphatic carbocycles. The number of benzene rings is 1. The van der Waals surface area contributed by atoms with Gasteiger partial charge in [0.05, 0.1) is 17.5 Å².